The largest absolute Gasteiger partial charge is 0.508 e. The van der Waals surface area contributed by atoms with E-state index in [4.69, 9.17) is 20.7 Å². The first-order chi connectivity index (χ1) is 14.9. The Morgan fingerprint density at radius 3 is 2.34 bits per heavy atom. The van der Waals surface area contributed by atoms with Gasteiger partial charge in [0.1, 0.15) is 34.2 Å². The molecule has 7 nitrogen and oxygen atoms in total. The number of benzene rings is 2. The molecule has 0 bridgehead atoms. The molecule has 0 saturated carbocycles. The molecule has 12 heteroatoms. The van der Waals surface area contributed by atoms with E-state index in [9.17, 15) is 26.9 Å². The van der Waals surface area contributed by atoms with Gasteiger partial charge in [0.15, 0.2) is 0 Å². The normalized spacial score (nSPS) is 19.4. The maximum atomic E-state index is 13.1. The number of β-amino-alcohol motifs (C(OH)–C–C–N with tert-alkyl or cyclic N) is 1. The Morgan fingerprint density at radius 1 is 1.16 bits per heavy atom. The summed E-state index contributed by atoms with van der Waals surface area (Å²) in [4.78, 5) is -0.464. The highest BCUT2D eigenvalue weighted by Gasteiger charge is 2.41. The molecule has 2 aromatic carbocycles. The van der Waals surface area contributed by atoms with Gasteiger partial charge in [0.05, 0.1) is 34.3 Å². The third kappa shape index (κ3) is 6.02. The fourth-order valence-corrected chi connectivity index (χ4v) is 4.24. The van der Waals surface area contributed by atoms with Gasteiger partial charge in [-0.15, -0.1) is 0 Å². The minimum absolute atomic E-state index is 0.0576. The van der Waals surface area contributed by atoms with E-state index in [1.54, 1.807) is 12.1 Å². The van der Waals surface area contributed by atoms with Crippen molar-refractivity contribution in [1.29, 1.82) is 10.5 Å². The smallest absolute Gasteiger partial charge is 0.417 e. The predicted molar refractivity (Wildman–Crippen MR) is 104 cm³/mol. The highest BCUT2D eigenvalue weighted by molar-refractivity contribution is 7.82. The zero-order valence-electron chi connectivity index (χ0n) is 16.3. The van der Waals surface area contributed by atoms with Crippen LogP contribution in [0.2, 0.25) is 0 Å². The zero-order valence-corrected chi connectivity index (χ0v) is 17.1. The molecule has 3 rings (SSSR count). The summed E-state index contributed by atoms with van der Waals surface area (Å²) in [7, 11) is -2.14. The van der Waals surface area contributed by atoms with Gasteiger partial charge in [0.2, 0.25) is 0 Å². The zero-order chi connectivity index (χ0) is 24.1. The van der Waals surface area contributed by atoms with Crippen molar-refractivity contribution in [2.24, 2.45) is 0 Å². The summed E-state index contributed by atoms with van der Waals surface area (Å²) >= 11 is 0. The van der Waals surface area contributed by atoms with E-state index in [1.807, 2.05) is 0 Å². The Kier molecular flexibility index (Phi) is 7.93. The van der Waals surface area contributed by atoms with E-state index in [-0.39, 0.29) is 36.4 Å². The molecule has 32 heavy (non-hydrogen) atoms. The number of phenolic OH excluding ortho intramolecular Hbond substituents is 1. The Labute approximate surface area is 183 Å². The molecule has 1 aliphatic rings. The second-order valence-corrected chi connectivity index (χ2v) is 8.30. The van der Waals surface area contributed by atoms with Crippen molar-refractivity contribution in [3.8, 4) is 17.9 Å². The number of nitriles is 2. The number of phenols is 1. The minimum atomic E-state index is -4.75. The van der Waals surface area contributed by atoms with Crippen LogP contribution < -0.4 is 0 Å². The molecule has 1 heterocycles. The first kappa shape index (κ1) is 25.2. The quantitative estimate of drug-likeness (QED) is 0.590. The molecule has 1 fully saturated rings. The third-order valence-corrected chi connectivity index (χ3v) is 6.01. The van der Waals surface area contributed by atoms with Crippen molar-refractivity contribution in [3.05, 3.63) is 58.9 Å². The molecule has 2 aromatic rings. The Bertz CT molecular complexity index is 1100. The molecule has 0 spiro atoms. The molecule has 0 aliphatic carbocycles. The van der Waals surface area contributed by atoms with Crippen molar-refractivity contribution >= 4 is 11.0 Å². The van der Waals surface area contributed by atoms with Crippen molar-refractivity contribution in [2.45, 2.75) is 23.1 Å². The van der Waals surface area contributed by atoms with Crippen LogP contribution in [0.1, 0.15) is 23.1 Å². The lowest BCUT2D eigenvalue weighted by molar-refractivity contribution is -0.139. The summed E-state index contributed by atoms with van der Waals surface area (Å²) in [6.45, 7) is -0.644. The fraction of sp³-hybridized carbons (Fsp3) is 0.300. The van der Waals surface area contributed by atoms with Gasteiger partial charge in [-0.25, -0.2) is 12.9 Å². The summed E-state index contributed by atoms with van der Waals surface area (Å²) in [5, 5.41) is 44.6. The van der Waals surface area contributed by atoms with Crippen LogP contribution in [-0.2, 0) is 17.2 Å². The van der Waals surface area contributed by atoms with Crippen LogP contribution in [0, 0.1) is 28.5 Å². The van der Waals surface area contributed by atoms with Gasteiger partial charge in [-0.2, -0.15) is 23.7 Å². The lowest BCUT2D eigenvalue weighted by Gasteiger charge is -2.21. The summed E-state index contributed by atoms with van der Waals surface area (Å²) in [6.07, 6.45) is -4.63. The number of aliphatic hydroxyl groups is 2. The number of rotatable bonds is 3. The van der Waals surface area contributed by atoms with Crippen molar-refractivity contribution in [3.63, 3.8) is 0 Å². The summed E-state index contributed by atoms with van der Waals surface area (Å²) in [5.74, 6) is -0.862. The second kappa shape index (κ2) is 10.1. The van der Waals surface area contributed by atoms with Gasteiger partial charge in [-0.1, -0.05) is 0 Å². The van der Waals surface area contributed by atoms with Gasteiger partial charge in [0, 0.05) is 19.2 Å². The van der Waals surface area contributed by atoms with Gasteiger partial charge in [0.25, 0.3) is 0 Å². The highest BCUT2D eigenvalue weighted by Crippen LogP contribution is 2.36. The lowest BCUT2D eigenvalue weighted by Crippen LogP contribution is -2.37. The molecule has 170 valence electrons. The number of hydrogen-bond donors (Lipinski definition) is 3. The first-order valence-corrected chi connectivity index (χ1v) is 10.0. The Hall–Kier alpha value is -3.03. The molecule has 3 N–H and O–H groups in total. The molecule has 2 atom stereocenters. The average Bonchev–Trinajstić information content (AvgIpc) is 3.15. The van der Waals surface area contributed by atoms with Crippen LogP contribution in [0.3, 0.4) is 0 Å². The number of aromatic hydroxyl groups is 1. The summed E-state index contributed by atoms with van der Waals surface area (Å²) in [6, 6.07) is 9.47. The summed E-state index contributed by atoms with van der Waals surface area (Å²) in [5.41, 5.74) is -2.83. The monoisotopic (exact) mass is 471 g/mol. The van der Waals surface area contributed by atoms with Gasteiger partial charge in [-0.3, -0.25) is 0 Å². The van der Waals surface area contributed by atoms with E-state index in [1.165, 1.54) is 16.4 Å². The van der Waals surface area contributed by atoms with Crippen LogP contribution in [0.25, 0.3) is 0 Å². The first-order valence-electron chi connectivity index (χ1n) is 8.94. The predicted octanol–water partition coefficient (Wildman–Crippen LogP) is 2.43. The topological polar surface area (TPSA) is 129 Å². The average molecular weight is 471 g/mol. The molecular formula is C20H17F4N3O4S. The Balaban J connectivity index is 0.000000303. The Morgan fingerprint density at radius 2 is 1.84 bits per heavy atom. The van der Waals surface area contributed by atoms with Crippen molar-refractivity contribution in [1.82, 2.24) is 4.31 Å². The maximum absolute atomic E-state index is 13.1. The molecule has 1 aliphatic heterocycles. The maximum Gasteiger partial charge on any atom is 0.417 e. The minimum Gasteiger partial charge on any atom is -0.508 e. The molecule has 0 radical (unpaired) electrons. The van der Waals surface area contributed by atoms with E-state index >= 15 is 0 Å². The fourth-order valence-electron chi connectivity index (χ4n) is 2.80. The van der Waals surface area contributed by atoms with Crippen LogP contribution in [0.5, 0.6) is 5.75 Å². The number of nitrogens with zero attached hydrogens (tertiary/aromatic N) is 3. The number of halogens is 4. The molecule has 0 amide bonds. The number of alkyl halides is 3. The highest BCUT2D eigenvalue weighted by atomic mass is 32.2. The van der Waals surface area contributed by atoms with E-state index in [0.29, 0.717) is 6.07 Å². The SMILES string of the molecule is N#Cc1ccc(O)cc1F.N#Cc1ccc(S(=O)N2CCC(O)(CO)C2)c(C(F)(F)F)c1. The van der Waals surface area contributed by atoms with Crippen molar-refractivity contribution in [2.75, 3.05) is 19.7 Å². The number of hydrogen-bond acceptors (Lipinski definition) is 6. The van der Waals surface area contributed by atoms with E-state index < -0.39 is 45.6 Å². The van der Waals surface area contributed by atoms with Crippen molar-refractivity contribution < 1.29 is 37.1 Å². The molecule has 2 unspecified atom stereocenters. The van der Waals surface area contributed by atoms with Crippen LogP contribution >= 0.6 is 0 Å². The lowest BCUT2D eigenvalue weighted by atomic mass is 10.1. The van der Waals surface area contributed by atoms with Gasteiger partial charge >= 0.3 is 6.18 Å². The third-order valence-electron chi connectivity index (χ3n) is 4.50. The van der Waals surface area contributed by atoms with Gasteiger partial charge in [-0.05, 0) is 36.8 Å². The van der Waals surface area contributed by atoms with E-state index in [0.717, 1.165) is 18.2 Å². The summed E-state index contributed by atoms with van der Waals surface area (Å²) < 4.78 is 65.3. The second-order valence-electron chi connectivity index (χ2n) is 6.84. The van der Waals surface area contributed by atoms with Crippen LogP contribution in [0.15, 0.2) is 41.3 Å². The van der Waals surface area contributed by atoms with Crippen LogP contribution in [-0.4, -0.2) is 49.1 Å². The molecule has 1 saturated heterocycles. The standard InChI is InChI=1S/C13H13F3N2O3S.C7H4FNO/c14-13(15,16)10-5-9(6-17)1-2-11(10)22(21)18-4-3-12(20,7-18)8-19;8-7-3-6(10)2-1-5(7)4-9/h1-2,5,19-20H,3-4,7-8H2;1-3,10H. The molecular weight excluding hydrogens is 454 g/mol. The number of aliphatic hydroxyl groups excluding tert-OH is 1. The van der Waals surface area contributed by atoms with Gasteiger partial charge < -0.3 is 15.3 Å². The van der Waals surface area contributed by atoms with E-state index in [2.05, 4.69) is 0 Å². The van der Waals surface area contributed by atoms with Crippen LogP contribution in [0.4, 0.5) is 17.6 Å². The molecule has 0 aromatic heterocycles.